The van der Waals surface area contributed by atoms with E-state index in [1.165, 1.54) is 26.7 Å². The van der Waals surface area contributed by atoms with Crippen molar-refractivity contribution in [1.82, 2.24) is 20.7 Å². The molecular weight excluding hydrogens is 491 g/mol. The minimum absolute atomic E-state index is 0.132. The number of amides is 1. The summed E-state index contributed by atoms with van der Waals surface area (Å²) in [5.74, 6) is 1.10. The highest BCUT2D eigenvalue weighted by atomic mass is 79.9. The fourth-order valence-corrected chi connectivity index (χ4v) is 4.47. The van der Waals surface area contributed by atoms with E-state index in [2.05, 4.69) is 36.9 Å². The van der Waals surface area contributed by atoms with Crippen molar-refractivity contribution in [2.24, 2.45) is 4.99 Å². The van der Waals surface area contributed by atoms with Crippen LogP contribution in [0.25, 0.3) is 0 Å². The third-order valence-electron chi connectivity index (χ3n) is 6.12. The molecule has 0 spiro atoms. The molecule has 176 valence electrons. The van der Waals surface area contributed by atoms with Gasteiger partial charge in [0.15, 0.2) is 17.8 Å². The molecule has 0 aliphatic carbocycles. The largest absolute Gasteiger partial charge is 0.351 e. The minimum Gasteiger partial charge on any atom is -0.351 e. The maximum atomic E-state index is 12.9. The highest BCUT2D eigenvalue weighted by molar-refractivity contribution is 9.10. The van der Waals surface area contributed by atoms with E-state index < -0.39 is 12.0 Å². The first-order valence-corrected chi connectivity index (χ1v) is 11.9. The van der Waals surface area contributed by atoms with Crippen LogP contribution in [0.15, 0.2) is 57.4 Å². The Morgan fingerprint density at radius 2 is 2.06 bits per heavy atom. The van der Waals surface area contributed by atoms with Gasteiger partial charge in [-0.05, 0) is 60.8 Å². The van der Waals surface area contributed by atoms with Gasteiger partial charge in [-0.3, -0.25) is 14.6 Å². The Hall–Kier alpha value is -2.56. The first-order chi connectivity index (χ1) is 15.8. The lowest BCUT2D eigenvalue weighted by Crippen LogP contribution is -2.62. The third-order valence-corrected chi connectivity index (χ3v) is 6.81. The van der Waals surface area contributed by atoms with E-state index in [1.807, 2.05) is 41.6 Å². The van der Waals surface area contributed by atoms with Crippen LogP contribution in [-0.2, 0) is 9.59 Å². The molecule has 5 heterocycles. The number of para-hydroxylation sites is 1. The van der Waals surface area contributed by atoms with E-state index >= 15 is 0 Å². The molecule has 0 saturated carbocycles. The van der Waals surface area contributed by atoms with Crippen LogP contribution in [0.2, 0.25) is 0 Å². The maximum Gasteiger partial charge on any atom is 0.256 e. The topological polar surface area (TPSA) is 89.1 Å². The van der Waals surface area contributed by atoms with Gasteiger partial charge in [-0.2, -0.15) is 0 Å². The summed E-state index contributed by atoms with van der Waals surface area (Å²) in [4.78, 5) is 29.9. The van der Waals surface area contributed by atoms with Crippen molar-refractivity contribution in [3.8, 4) is 0 Å². The van der Waals surface area contributed by atoms with Gasteiger partial charge in [0, 0.05) is 42.4 Å². The lowest BCUT2D eigenvalue weighted by molar-refractivity contribution is -0.121. The van der Waals surface area contributed by atoms with Crippen molar-refractivity contribution in [3.05, 3.63) is 52.4 Å². The number of piperazine rings is 1. The van der Waals surface area contributed by atoms with Crippen molar-refractivity contribution in [3.63, 3.8) is 0 Å². The average Bonchev–Trinajstić information content (AvgIpc) is 3.25. The molecule has 5 aliphatic rings. The Kier molecular flexibility index (Phi) is 7.26. The molecule has 0 radical (unpaired) electrons. The second-order valence-electron chi connectivity index (χ2n) is 8.44. The van der Waals surface area contributed by atoms with Gasteiger partial charge in [-0.15, -0.1) is 0 Å². The average molecular weight is 519 g/mol. The summed E-state index contributed by atoms with van der Waals surface area (Å²) in [6, 6.07) is 8.63. The number of hydrogen-bond donors (Lipinski definition) is 3. The predicted molar refractivity (Wildman–Crippen MR) is 129 cm³/mol. The molecule has 3 saturated heterocycles. The third kappa shape index (κ3) is 5.34. The summed E-state index contributed by atoms with van der Waals surface area (Å²) in [5, 5.41) is 8.38. The van der Waals surface area contributed by atoms with E-state index in [0.717, 1.165) is 29.1 Å². The first-order valence-electron chi connectivity index (χ1n) is 11.1. The number of rotatable bonds is 3. The monoisotopic (exact) mass is 518 g/mol. The summed E-state index contributed by atoms with van der Waals surface area (Å²) in [7, 11) is 0. The molecular formula is C23H28BrFN6O2. The highest BCUT2D eigenvalue weighted by Crippen LogP contribution is 2.28. The number of anilines is 1. The SMILES string of the molecule is CC(=O)C(C)F.O=C(Nc1ccccc1Br)C1=C2N=C(N3CC4CCC3CN4)C=CN2NC1. The van der Waals surface area contributed by atoms with Gasteiger partial charge < -0.3 is 15.5 Å². The predicted octanol–water partition coefficient (Wildman–Crippen LogP) is 2.71. The van der Waals surface area contributed by atoms with E-state index in [9.17, 15) is 14.0 Å². The van der Waals surface area contributed by atoms with Crippen molar-refractivity contribution in [2.75, 3.05) is 25.0 Å². The standard InChI is InChI=1S/C19H21BrN6O.C4H7FO/c20-15-3-1-2-4-16(15)23-19(27)14-10-22-26-8-7-17(24-18(14)26)25-11-12-5-6-13(25)9-21-12;1-3(5)4(2)6/h1-4,7-8,12-13,21-22H,5-6,9-11H2,(H,23,27);3H,1-2H3. The van der Waals surface area contributed by atoms with Gasteiger partial charge in [0.05, 0.1) is 11.3 Å². The number of fused-ring (bicyclic) bond motifs is 4. The number of amidine groups is 1. The van der Waals surface area contributed by atoms with Gasteiger partial charge in [0.1, 0.15) is 5.84 Å². The Balaban J connectivity index is 0.000000385. The highest BCUT2D eigenvalue weighted by Gasteiger charge is 2.36. The van der Waals surface area contributed by atoms with Crippen LogP contribution in [0.3, 0.4) is 0 Å². The number of hydrogen-bond acceptors (Lipinski definition) is 7. The molecule has 1 aromatic rings. The van der Waals surface area contributed by atoms with Crippen LogP contribution in [0.1, 0.15) is 26.7 Å². The van der Waals surface area contributed by atoms with Crippen LogP contribution < -0.4 is 16.1 Å². The molecule has 1 aromatic carbocycles. The normalized spacial score (nSPS) is 24.1. The molecule has 8 nitrogen and oxygen atoms in total. The number of halogens is 2. The zero-order valence-electron chi connectivity index (χ0n) is 18.6. The minimum atomic E-state index is -1.29. The number of benzene rings is 1. The van der Waals surface area contributed by atoms with Gasteiger partial charge >= 0.3 is 0 Å². The fraction of sp³-hybridized carbons (Fsp3) is 0.435. The Labute approximate surface area is 201 Å². The van der Waals surface area contributed by atoms with Crippen LogP contribution in [0, 0.1) is 0 Å². The summed E-state index contributed by atoms with van der Waals surface area (Å²) >= 11 is 3.47. The zero-order valence-corrected chi connectivity index (χ0v) is 20.2. The van der Waals surface area contributed by atoms with Crippen molar-refractivity contribution >= 4 is 39.1 Å². The smallest absolute Gasteiger partial charge is 0.256 e. The van der Waals surface area contributed by atoms with Gasteiger partial charge in [-0.1, -0.05) is 12.1 Å². The number of aliphatic imine (C=N–C) groups is 1. The molecule has 5 aliphatic heterocycles. The number of Topliss-reactive ketones (excluding diaryl/α,β-unsaturated/α-hetero) is 1. The zero-order chi connectivity index (χ0) is 23.5. The number of hydrazine groups is 1. The summed E-state index contributed by atoms with van der Waals surface area (Å²) in [6.07, 6.45) is 5.14. The fourth-order valence-electron chi connectivity index (χ4n) is 4.09. The Morgan fingerprint density at radius 3 is 2.67 bits per heavy atom. The first kappa shape index (κ1) is 23.6. The van der Waals surface area contributed by atoms with Crippen LogP contribution in [-0.4, -0.2) is 65.3 Å². The summed E-state index contributed by atoms with van der Waals surface area (Å²) in [5.41, 5.74) is 4.61. The lowest BCUT2D eigenvalue weighted by atomic mass is 9.93. The number of alkyl halides is 1. The van der Waals surface area contributed by atoms with Gasteiger partial charge in [0.2, 0.25) is 0 Å². The molecule has 3 fully saturated rings. The Bertz CT molecular complexity index is 1020. The number of carbonyl (C=O) groups is 2. The second kappa shape index (κ2) is 10.1. The molecule has 3 atom stereocenters. The van der Waals surface area contributed by atoms with Gasteiger partial charge in [0.25, 0.3) is 5.91 Å². The lowest BCUT2D eigenvalue weighted by Gasteiger charge is -2.47. The molecule has 33 heavy (non-hydrogen) atoms. The van der Waals surface area contributed by atoms with Crippen molar-refractivity contribution in [1.29, 1.82) is 0 Å². The maximum absolute atomic E-state index is 12.9. The quantitative estimate of drug-likeness (QED) is 0.570. The van der Waals surface area contributed by atoms with Crippen molar-refractivity contribution < 1.29 is 14.0 Å². The van der Waals surface area contributed by atoms with Crippen LogP contribution in [0.5, 0.6) is 0 Å². The molecule has 6 rings (SSSR count). The summed E-state index contributed by atoms with van der Waals surface area (Å²) in [6.45, 7) is 4.90. The molecule has 2 bridgehead atoms. The van der Waals surface area contributed by atoms with Crippen molar-refractivity contribution in [2.45, 2.75) is 44.9 Å². The number of nitrogens with zero attached hydrogens (tertiary/aromatic N) is 3. The van der Waals surface area contributed by atoms with E-state index in [-0.39, 0.29) is 5.91 Å². The summed E-state index contributed by atoms with van der Waals surface area (Å²) < 4.78 is 12.3. The van der Waals surface area contributed by atoms with E-state index in [0.29, 0.717) is 30.0 Å². The number of ketones is 1. The molecule has 0 aromatic heterocycles. The molecule has 1 amide bonds. The van der Waals surface area contributed by atoms with Gasteiger partial charge in [-0.25, -0.2) is 14.8 Å². The Morgan fingerprint density at radius 1 is 1.30 bits per heavy atom. The van der Waals surface area contributed by atoms with Crippen LogP contribution >= 0.6 is 15.9 Å². The second-order valence-corrected chi connectivity index (χ2v) is 9.30. The van der Waals surface area contributed by atoms with E-state index in [4.69, 9.17) is 4.99 Å². The van der Waals surface area contributed by atoms with Crippen LogP contribution in [0.4, 0.5) is 10.1 Å². The number of nitrogens with one attached hydrogen (secondary N) is 3. The molecule has 10 heteroatoms. The van der Waals surface area contributed by atoms with E-state index in [1.54, 1.807) is 0 Å². The number of piperidine rings is 2. The molecule has 3 N–H and O–H groups in total. The number of carbonyl (C=O) groups excluding carboxylic acids is 2. The molecule has 3 unspecified atom stereocenters.